The van der Waals surface area contributed by atoms with Crippen molar-refractivity contribution in [2.45, 2.75) is 5.72 Å². The number of aliphatic hydroxyl groups is 1. The van der Waals surface area contributed by atoms with Crippen molar-refractivity contribution in [1.29, 1.82) is 0 Å². The Balaban J connectivity index is 2.88. The smallest absolute Gasteiger partial charge is 0.295 e. The summed E-state index contributed by atoms with van der Waals surface area (Å²) in [4.78, 5) is 10.3. The zero-order valence-corrected chi connectivity index (χ0v) is 4.35. The van der Waals surface area contributed by atoms with E-state index in [-0.39, 0.29) is 0 Å². The number of nitrogens with two attached hydrogens (primary N) is 1. The quantitative estimate of drug-likeness (QED) is 0.454. The number of amides is 1. The minimum atomic E-state index is -2.00. The molecule has 0 aromatic rings. The Morgan fingerprint density at radius 3 is 2.67 bits per heavy atom. The van der Waals surface area contributed by atoms with Crippen LogP contribution >= 0.6 is 0 Å². The van der Waals surface area contributed by atoms with Gasteiger partial charge >= 0.3 is 0 Å². The number of hydrogen-bond acceptors (Lipinski definition) is 5. The lowest BCUT2D eigenvalue weighted by Gasteiger charge is -2.05. The Labute approximate surface area is 50.1 Å². The summed E-state index contributed by atoms with van der Waals surface area (Å²) in [5.41, 5.74) is 2.70. The van der Waals surface area contributed by atoms with Crippen molar-refractivity contribution in [2.24, 2.45) is 21.2 Å². The van der Waals surface area contributed by atoms with Gasteiger partial charge < -0.3 is 10.8 Å². The van der Waals surface area contributed by atoms with Gasteiger partial charge in [-0.25, -0.2) is 0 Å². The summed E-state index contributed by atoms with van der Waals surface area (Å²) < 4.78 is 0. The minimum Gasteiger partial charge on any atom is -0.365 e. The van der Waals surface area contributed by atoms with Crippen LogP contribution in [0.25, 0.3) is 0 Å². The van der Waals surface area contributed by atoms with Crippen molar-refractivity contribution in [3.63, 3.8) is 0 Å². The van der Waals surface area contributed by atoms with Gasteiger partial charge in [0.1, 0.15) is 0 Å². The van der Waals surface area contributed by atoms with Crippen LogP contribution in [0.3, 0.4) is 0 Å². The molecule has 0 aliphatic carbocycles. The number of hydrogen-bond donors (Lipinski definition) is 2. The van der Waals surface area contributed by atoms with Gasteiger partial charge in [-0.2, -0.15) is 0 Å². The molecule has 1 heterocycles. The maximum atomic E-state index is 10.3. The first-order valence-electron chi connectivity index (χ1n) is 2.14. The van der Waals surface area contributed by atoms with Gasteiger partial charge in [0.05, 0.1) is 6.21 Å². The molecular formula is C3H4N4O2. The van der Waals surface area contributed by atoms with E-state index in [1.165, 1.54) is 0 Å². The average Bonchev–Trinajstić information content (AvgIpc) is 2.16. The number of carbonyl (C=O) groups is 1. The second-order valence-electron chi connectivity index (χ2n) is 1.52. The van der Waals surface area contributed by atoms with Gasteiger partial charge in [-0.05, 0) is 5.22 Å². The van der Waals surface area contributed by atoms with Crippen LogP contribution < -0.4 is 5.73 Å². The third-order valence-electron chi connectivity index (χ3n) is 0.849. The topological polar surface area (TPSA) is 100 Å². The van der Waals surface area contributed by atoms with Crippen LogP contribution in [0.4, 0.5) is 0 Å². The van der Waals surface area contributed by atoms with Crippen molar-refractivity contribution in [3.8, 4) is 0 Å². The number of rotatable bonds is 1. The Kier molecular flexibility index (Phi) is 1.03. The summed E-state index contributed by atoms with van der Waals surface area (Å²) in [5.74, 6) is -0.979. The van der Waals surface area contributed by atoms with Crippen LogP contribution in [-0.2, 0) is 4.79 Å². The number of nitrogens with zero attached hydrogens (tertiary/aromatic N) is 3. The van der Waals surface area contributed by atoms with Crippen LogP contribution in [0.5, 0.6) is 0 Å². The van der Waals surface area contributed by atoms with Crippen molar-refractivity contribution in [1.82, 2.24) is 0 Å². The molecular weight excluding hydrogens is 124 g/mol. The number of primary amides is 1. The van der Waals surface area contributed by atoms with E-state index < -0.39 is 11.6 Å². The van der Waals surface area contributed by atoms with Crippen molar-refractivity contribution in [3.05, 3.63) is 0 Å². The zero-order valence-electron chi connectivity index (χ0n) is 4.35. The van der Waals surface area contributed by atoms with Gasteiger partial charge in [-0.15, -0.1) is 10.2 Å². The van der Waals surface area contributed by atoms with E-state index in [2.05, 4.69) is 15.4 Å². The highest BCUT2D eigenvalue weighted by Crippen LogP contribution is 2.08. The Bertz CT molecular complexity index is 184. The number of carbonyl (C=O) groups excluding carboxylic acids is 1. The molecule has 1 aliphatic rings. The molecule has 1 amide bonds. The molecule has 0 radical (unpaired) electrons. The maximum Gasteiger partial charge on any atom is 0.295 e. The molecule has 9 heavy (non-hydrogen) atoms. The fourth-order valence-electron chi connectivity index (χ4n) is 0.339. The minimum absolute atomic E-state index is 0.870. The highest BCUT2D eigenvalue weighted by atomic mass is 16.3. The lowest BCUT2D eigenvalue weighted by molar-refractivity contribution is -0.129. The third-order valence-corrected chi connectivity index (χ3v) is 0.849. The molecule has 3 N–H and O–H groups in total. The first-order valence-corrected chi connectivity index (χ1v) is 2.14. The van der Waals surface area contributed by atoms with Crippen LogP contribution in [0.15, 0.2) is 15.4 Å². The summed E-state index contributed by atoms with van der Waals surface area (Å²) >= 11 is 0. The summed E-state index contributed by atoms with van der Waals surface area (Å²) in [6, 6.07) is 0. The highest BCUT2D eigenvalue weighted by Gasteiger charge is 2.34. The van der Waals surface area contributed by atoms with Crippen molar-refractivity contribution >= 4 is 12.1 Å². The molecule has 1 rings (SSSR count). The van der Waals surface area contributed by atoms with Crippen LogP contribution in [0, 0.1) is 0 Å². The first kappa shape index (κ1) is 5.83. The van der Waals surface area contributed by atoms with E-state index >= 15 is 0 Å². The van der Waals surface area contributed by atoms with Crippen molar-refractivity contribution < 1.29 is 9.90 Å². The van der Waals surface area contributed by atoms with Gasteiger partial charge in [0.15, 0.2) is 0 Å². The molecule has 1 aliphatic heterocycles. The van der Waals surface area contributed by atoms with E-state index in [0.29, 0.717) is 0 Å². The van der Waals surface area contributed by atoms with E-state index in [1.807, 2.05) is 0 Å². The van der Waals surface area contributed by atoms with Crippen molar-refractivity contribution in [2.75, 3.05) is 0 Å². The summed E-state index contributed by atoms with van der Waals surface area (Å²) in [6.07, 6.45) is 0.870. The molecule has 0 saturated carbocycles. The Hall–Kier alpha value is -1.30. The molecule has 1 atom stereocenters. The Morgan fingerprint density at radius 2 is 2.44 bits per heavy atom. The Morgan fingerprint density at radius 1 is 1.78 bits per heavy atom. The predicted molar refractivity (Wildman–Crippen MR) is 27.5 cm³/mol. The fraction of sp³-hybridized carbons (Fsp3) is 0.333. The summed E-state index contributed by atoms with van der Waals surface area (Å²) in [5, 5.41) is 18.1. The molecule has 0 fully saturated rings. The molecule has 1 unspecified atom stereocenters. The summed E-state index contributed by atoms with van der Waals surface area (Å²) in [7, 11) is 0. The molecule has 0 spiro atoms. The van der Waals surface area contributed by atoms with Gasteiger partial charge in [-0.1, -0.05) is 0 Å². The zero-order chi connectivity index (χ0) is 6.91. The van der Waals surface area contributed by atoms with Crippen LogP contribution in [0.2, 0.25) is 0 Å². The van der Waals surface area contributed by atoms with Gasteiger partial charge in [0, 0.05) is 0 Å². The largest absolute Gasteiger partial charge is 0.365 e. The van der Waals surface area contributed by atoms with E-state index in [9.17, 15) is 4.79 Å². The molecule has 6 heteroatoms. The molecule has 0 saturated heterocycles. The standard InChI is InChI=1S/C3H4N4O2/c4-2(8)3(9)1-5-7-6-3/h1,9H,(H2,4,8). The average molecular weight is 128 g/mol. The normalized spacial score (nSPS) is 31.2. The lowest BCUT2D eigenvalue weighted by Crippen LogP contribution is -2.41. The molecule has 0 bridgehead atoms. The molecule has 0 aromatic carbocycles. The van der Waals surface area contributed by atoms with Crippen LogP contribution in [-0.4, -0.2) is 23.0 Å². The molecule has 48 valence electrons. The van der Waals surface area contributed by atoms with Gasteiger partial charge in [0.25, 0.3) is 11.6 Å². The monoisotopic (exact) mass is 128 g/mol. The molecule has 0 aromatic heterocycles. The fourth-order valence-corrected chi connectivity index (χ4v) is 0.339. The maximum absolute atomic E-state index is 10.3. The summed E-state index contributed by atoms with van der Waals surface area (Å²) in [6.45, 7) is 0. The highest BCUT2D eigenvalue weighted by molar-refractivity contribution is 6.00. The third kappa shape index (κ3) is 0.789. The van der Waals surface area contributed by atoms with E-state index in [4.69, 9.17) is 10.8 Å². The van der Waals surface area contributed by atoms with E-state index in [1.54, 1.807) is 0 Å². The first-order chi connectivity index (χ1) is 4.15. The van der Waals surface area contributed by atoms with Crippen LogP contribution in [0.1, 0.15) is 0 Å². The second-order valence-corrected chi connectivity index (χ2v) is 1.52. The van der Waals surface area contributed by atoms with Gasteiger partial charge in [0.2, 0.25) is 0 Å². The predicted octanol–water partition coefficient (Wildman–Crippen LogP) is -1.39. The lowest BCUT2D eigenvalue weighted by atomic mass is 10.2. The SMILES string of the molecule is NC(=O)C1(O)C=NN=N1. The van der Waals surface area contributed by atoms with Gasteiger partial charge in [-0.3, -0.25) is 4.79 Å². The second kappa shape index (κ2) is 1.59. The molecule has 6 nitrogen and oxygen atoms in total. The van der Waals surface area contributed by atoms with E-state index in [0.717, 1.165) is 6.21 Å².